The van der Waals surface area contributed by atoms with E-state index in [4.69, 9.17) is 4.98 Å². The van der Waals surface area contributed by atoms with Gasteiger partial charge in [0.2, 0.25) is 5.95 Å². The number of piperidine rings is 1. The molecule has 0 amide bonds. The fourth-order valence-electron chi connectivity index (χ4n) is 3.67. The maximum Gasteiger partial charge on any atom is 0.223 e. The number of phenols is 1. The van der Waals surface area contributed by atoms with Gasteiger partial charge in [0, 0.05) is 34.8 Å². The highest BCUT2D eigenvalue weighted by atomic mass is 32.1. The second-order valence-electron chi connectivity index (χ2n) is 7.84. The van der Waals surface area contributed by atoms with Crippen molar-refractivity contribution in [1.82, 2.24) is 15.3 Å². The van der Waals surface area contributed by atoms with Gasteiger partial charge in [0.1, 0.15) is 5.75 Å². The summed E-state index contributed by atoms with van der Waals surface area (Å²) in [6, 6.07) is 13.6. The number of thiophene rings is 1. The minimum Gasteiger partial charge on any atom is -0.508 e. The van der Waals surface area contributed by atoms with Crippen molar-refractivity contribution >= 4 is 17.3 Å². The summed E-state index contributed by atoms with van der Waals surface area (Å²) in [6.07, 6.45) is 3.64. The highest BCUT2D eigenvalue weighted by Crippen LogP contribution is 2.34. The first-order valence-corrected chi connectivity index (χ1v) is 10.1. The summed E-state index contributed by atoms with van der Waals surface area (Å²) < 4.78 is 0. The van der Waals surface area contributed by atoms with Gasteiger partial charge in [0.15, 0.2) is 0 Å². The third-order valence-electron chi connectivity index (χ3n) is 4.76. The van der Waals surface area contributed by atoms with Gasteiger partial charge in [0.05, 0.1) is 10.6 Å². The molecule has 4 rings (SSSR count). The Labute approximate surface area is 169 Å². The number of nitrogens with zero attached hydrogens (tertiary/aromatic N) is 2. The predicted molar refractivity (Wildman–Crippen MR) is 115 cm³/mol. The second kappa shape index (κ2) is 7.28. The summed E-state index contributed by atoms with van der Waals surface area (Å²) in [6.45, 7) is 8.46. The third kappa shape index (κ3) is 4.17. The molecule has 5 nitrogen and oxygen atoms in total. The smallest absolute Gasteiger partial charge is 0.223 e. The Kier molecular flexibility index (Phi) is 4.81. The molecule has 0 spiro atoms. The van der Waals surface area contributed by atoms with Crippen LogP contribution in [0.2, 0.25) is 0 Å². The Balaban J connectivity index is 1.53. The average Bonchev–Trinajstić information content (AvgIpc) is 3.11. The van der Waals surface area contributed by atoms with Crippen molar-refractivity contribution in [3.8, 4) is 26.8 Å². The van der Waals surface area contributed by atoms with Crippen LogP contribution < -0.4 is 10.6 Å². The molecule has 1 unspecified atom stereocenters. The van der Waals surface area contributed by atoms with E-state index in [-0.39, 0.29) is 17.3 Å². The van der Waals surface area contributed by atoms with Crippen LogP contribution in [0.4, 0.5) is 5.95 Å². The van der Waals surface area contributed by atoms with Crippen LogP contribution in [0, 0.1) is 0 Å². The van der Waals surface area contributed by atoms with E-state index in [2.05, 4.69) is 48.2 Å². The van der Waals surface area contributed by atoms with Crippen LogP contribution in [0.5, 0.6) is 5.75 Å². The Morgan fingerprint density at radius 2 is 1.89 bits per heavy atom. The first kappa shape index (κ1) is 18.5. The Morgan fingerprint density at radius 3 is 2.64 bits per heavy atom. The molecule has 1 saturated heterocycles. The zero-order valence-corrected chi connectivity index (χ0v) is 16.9. The Bertz CT molecular complexity index is 994. The molecule has 1 aliphatic rings. The summed E-state index contributed by atoms with van der Waals surface area (Å²) in [4.78, 5) is 11.4. The van der Waals surface area contributed by atoms with Crippen LogP contribution in [0.3, 0.4) is 0 Å². The number of nitrogens with one attached hydrogen (secondary N) is 2. The summed E-state index contributed by atoms with van der Waals surface area (Å²) in [5.74, 6) is 0.920. The minimum absolute atomic E-state index is 0.0113. The van der Waals surface area contributed by atoms with E-state index in [1.54, 1.807) is 29.7 Å². The molecule has 0 saturated carbocycles. The number of hydrogen-bond acceptors (Lipinski definition) is 6. The summed E-state index contributed by atoms with van der Waals surface area (Å²) >= 11 is 1.68. The van der Waals surface area contributed by atoms with Gasteiger partial charge in [0.25, 0.3) is 0 Å². The van der Waals surface area contributed by atoms with Gasteiger partial charge in [-0.1, -0.05) is 6.58 Å². The first-order valence-electron chi connectivity index (χ1n) is 9.33. The molecule has 1 fully saturated rings. The minimum atomic E-state index is 0.0113. The Morgan fingerprint density at radius 1 is 1.14 bits per heavy atom. The van der Waals surface area contributed by atoms with Crippen molar-refractivity contribution in [2.45, 2.75) is 38.3 Å². The SMILES string of the molecule is C=C1CC(Nc2nccc(-c3ccc(-c4ccc(O)cc4)s3)n2)CC(C)(C)N1. The molecule has 3 N–H and O–H groups in total. The van der Waals surface area contributed by atoms with E-state index in [0.717, 1.165) is 39.6 Å². The lowest BCUT2D eigenvalue weighted by atomic mass is 9.88. The molecule has 144 valence electrons. The van der Waals surface area contributed by atoms with E-state index in [9.17, 15) is 5.11 Å². The molecular weight excluding hydrogens is 368 g/mol. The van der Waals surface area contributed by atoms with Gasteiger partial charge in [-0.2, -0.15) is 0 Å². The maximum absolute atomic E-state index is 9.47. The molecule has 0 bridgehead atoms. The van der Waals surface area contributed by atoms with Crippen molar-refractivity contribution in [3.05, 3.63) is 60.9 Å². The molecule has 1 atom stereocenters. The topological polar surface area (TPSA) is 70.1 Å². The van der Waals surface area contributed by atoms with Crippen molar-refractivity contribution in [1.29, 1.82) is 0 Å². The van der Waals surface area contributed by atoms with Crippen molar-refractivity contribution < 1.29 is 5.11 Å². The lowest BCUT2D eigenvalue weighted by Crippen LogP contribution is -2.48. The normalized spacial score (nSPS) is 18.5. The fraction of sp³-hybridized carbons (Fsp3) is 0.273. The highest BCUT2D eigenvalue weighted by molar-refractivity contribution is 7.18. The number of benzene rings is 1. The van der Waals surface area contributed by atoms with Crippen molar-refractivity contribution in [2.75, 3.05) is 5.32 Å². The van der Waals surface area contributed by atoms with Crippen LogP contribution in [0.1, 0.15) is 26.7 Å². The zero-order valence-electron chi connectivity index (χ0n) is 16.1. The molecule has 2 aromatic heterocycles. The van der Waals surface area contributed by atoms with Gasteiger partial charge in [-0.05, 0) is 68.3 Å². The van der Waals surface area contributed by atoms with Crippen LogP contribution in [0.15, 0.2) is 60.9 Å². The largest absolute Gasteiger partial charge is 0.508 e. The third-order valence-corrected chi connectivity index (χ3v) is 5.92. The number of anilines is 1. The number of rotatable bonds is 4. The lowest BCUT2D eigenvalue weighted by Gasteiger charge is -2.38. The molecule has 1 aliphatic heterocycles. The summed E-state index contributed by atoms with van der Waals surface area (Å²) in [5.41, 5.74) is 3.04. The van der Waals surface area contributed by atoms with E-state index in [1.807, 2.05) is 18.2 Å². The first-order chi connectivity index (χ1) is 13.4. The molecule has 28 heavy (non-hydrogen) atoms. The summed E-state index contributed by atoms with van der Waals surface area (Å²) in [7, 11) is 0. The van der Waals surface area contributed by atoms with Gasteiger partial charge in [-0.15, -0.1) is 11.3 Å². The molecule has 6 heteroatoms. The van der Waals surface area contributed by atoms with E-state index in [1.165, 1.54) is 0 Å². The van der Waals surface area contributed by atoms with Crippen LogP contribution in [0.25, 0.3) is 21.0 Å². The Hall–Kier alpha value is -2.86. The average molecular weight is 393 g/mol. The zero-order chi connectivity index (χ0) is 19.7. The van der Waals surface area contributed by atoms with Gasteiger partial charge in [-0.25, -0.2) is 9.97 Å². The number of aromatic nitrogens is 2. The standard InChI is InChI=1S/C22H24N4OS/c1-14-12-16(13-22(2,3)26-14)24-21-23-11-10-18(25-21)20-9-8-19(28-20)15-4-6-17(27)7-5-15/h4-11,16,26-27H,1,12-13H2,2-3H3,(H,23,24,25). The molecule has 1 aromatic carbocycles. The molecular formula is C22H24N4OS. The van der Waals surface area contributed by atoms with Crippen molar-refractivity contribution in [3.63, 3.8) is 0 Å². The molecule has 3 heterocycles. The lowest BCUT2D eigenvalue weighted by molar-refractivity contribution is 0.324. The fourth-order valence-corrected chi connectivity index (χ4v) is 4.65. The van der Waals surface area contributed by atoms with Crippen LogP contribution in [-0.2, 0) is 0 Å². The van der Waals surface area contributed by atoms with Gasteiger partial charge >= 0.3 is 0 Å². The number of hydrogen-bond donors (Lipinski definition) is 3. The molecule has 0 aliphatic carbocycles. The second-order valence-corrected chi connectivity index (χ2v) is 8.92. The highest BCUT2D eigenvalue weighted by Gasteiger charge is 2.29. The number of phenolic OH excluding ortho intramolecular Hbond substituents is 1. The predicted octanol–water partition coefficient (Wildman–Crippen LogP) is 5.03. The van der Waals surface area contributed by atoms with Crippen LogP contribution in [-0.4, -0.2) is 26.7 Å². The van der Waals surface area contributed by atoms with Gasteiger partial charge in [-0.3, -0.25) is 0 Å². The summed E-state index contributed by atoms with van der Waals surface area (Å²) in [5, 5.41) is 16.4. The quantitative estimate of drug-likeness (QED) is 0.581. The molecule has 3 aromatic rings. The van der Waals surface area contributed by atoms with E-state index < -0.39 is 0 Å². The van der Waals surface area contributed by atoms with Crippen LogP contribution >= 0.6 is 11.3 Å². The number of aromatic hydroxyl groups is 1. The maximum atomic E-state index is 9.47. The van der Waals surface area contributed by atoms with Gasteiger partial charge < -0.3 is 15.7 Å². The monoisotopic (exact) mass is 392 g/mol. The molecule has 0 radical (unpaired) electrons. The van der Waals surface area contributed by atoms with E-state index >= 15 is 0 Å². The van der Waals surface area contributed by atoms with E-state index in [0.29, 0.717) is 5.95 Å². The van der Waals surface area contributed by atoms with Crippen molar-refractivity contribution in [2.24, 2.45) is 0 Å².